The third-order valence-corrected chi connectivity index (χ3v) is 5.63. The fourth-order valence-corrected chi connectivity index (χ4v) is 3.57. The number of aliphatic hydroxyl groups excluding tert-OH is 1. The van der Waals surface area contributed by atoms with E-state index in [0.29, 0.717) is 24.8 Å². The zero-order valence-corrected chi connectivity index (χ0v) is 15.0. The van der Waals surface area contributed by atoms with Gasteiger partial charge in [-0.1, -0.05) is 20.8 Å². The molecule has 0 radical (unpaired) electrons. The minimum Gasteiger partial charge on any atom is -0.396 e. The van der Waals surface area contributed by atoms with Gasteiger partial charge in [0.1, 0.15) is 0 Å². The Morgan fingerprint density at radius 2 is 1.91 bits per heavy atom. The molecule has 23 heavy (non-hydrogen) atoms. The van der Waals surface area contributed by atoms with Crippen LogP contribution in [-0.4, -0.2) is 45.4 Å². The highest BCUT2D eigenvalue weighted by Gasteiger charge is 2.34. The Bertz CT molecular complexity index is 520. The molecule has 130 valence electrons. The summed E-state index contributed by atoms with van der Waals surface area (Å²) in [6, 6.07) is 2.27. The summed E-state index contributed by atoms with van der Waals surface area (Å²) in [6.45, 7) is 10.1. The Morgan fingerprint density at radius 1 is 1.30 bits per heavy atom. The van der Waals surface area contributed by atoms with Crippen LogP contribution in [0.3, 0.4) is 0 Å². The zero-order valence-electron chi connectivity index (χ0n) is 15.0. The average Bonchev–Trinajstić information content (AvgIpc) is 2.97. The number of aliphatic hydroxyl groups is 1. The number of piperidine rings is 1. The molecule has 0 unspecified atom stereocenters. The monoisotopic (exact) mass is 321 g/mol. The van der Waals surface area contributed by atoms with Crippen molar-refractivity contribution in [1.82, 2.24) is 14.7 Å². The van der Waals surface area contributed by atoms with E-state index >= 15 is 0 Å². The fourth-order valence-electron chi connectivity index (χ4n) is 3.57. The first-order valence-electron chi connectivity index (χ1n) is 8.96. The number of aromatic nitrogens is 2. The quantitative estimate of drug-likeness (QED) is 0.875. The van der Waals surface area contributed by atoms with E-state index in [1.54, 1.807) is 0 Å². The van der Waals surface area contributed by atoms with Gasteiger partial charge in [-0.05, 0) is 50.5 Å². The molecule has 0 atom stereocenters. The van der Waals surface area contributed by atoms with Gasteiger partial charge in [0.2, 0.25) is 0 Å². The molecule has 5 nitrogen and oxygen atoms in total. The van der Waals surface area contributed by atoms with Crippen LogP contribution in [0, 0.1) is 12.3 Å². The van der Waals surface area contributed by atoms with Crippen LogP contribution in [0.1, 0.15) is 75.1 Å². The van der Waals surface area contributed by atoms with Crippen LogP contribution in [0.2, 0.25) is 0 Å². The molecular weight excluding hydrogens is 290 g/mol. The predicted octanol–water partition coefficient (Wildman–Crippen LogP) is 3.18. The number of carbonyl (C=O) groups excluding carboxylic acids is 1. The fraction of sp³-hybridized carbons (Fsp3) is 0.778. The Hall–Kier alpha value is -1.36. The summed E-state index contributed by atoms with van der Waals surface area (Å²) < 4.78 is 2.00. The molecule has 0 bridgehead atoms. The van der Waals surface area contributed by atoms with E-state index in [0.717, 1.165) is 37.8 Å². The molecule has 1 aromatic rings. The number of carbonyl (C=O) groups is 1. The van der Waals surface area contributed by atoms with Gasteiger partial charge in [0.25, 0.3) is 5.91 Å². The molecule has 0 saturated carbocycles. The second-order valence-electron chi connectivity index (χ2n) is 6.89. The lowest BCUT2D eigenvalue weighted by Crippen LogP contribution is -2.44. The first-order chi connectivity index (χ1) is 11.0. The predicted molar refractivity (Wildman–Crippen MR) is 91.5 cm³/mol. The molecule has 0 aliphatic carbocycles. The van der Waals surface area contributed by atoms with Crippen molar-refractivity contribution < 1.29 is 9.90 Å². The Kier molecular flexibility index (Phi) is 5.84. The summed E-state index contributed by atoms with van der Waals surface area (Å²) >= 11 is 0. The molecule has 1 aliphatic rings. The van der Waals surface area contributed by atoms with Crippen molar-refractivity contribution in [2.45, 2.75) is 65.8 Å². The maximum atomic E-state index is 12.7. The highest BCUT2D eigenvalue weighted by atomic mass is 16.3. The molecule has 1 fully saturated rings. The van der Waals surface area contributed by atoms with Gasteiger partial charge in [-0.2, -0.15) is 5.10 Å². The zero-order chi connectivity index (χ0) is 17.0. The first kappa shape index (κ1) is 18.0. The average molecular weight is 321 g/mol. The highest BCUT2D eigenvalue weighted by molar-refractivity contribution is 5.92. The first-order valence-corrected chi connectivity index (χ1v) is 8.96. The maximum absolute atomic E-state index is 12.7. The van der Waals surface area contributed by atoms with Crippen molar-refractivity contribution in [3.63, 3.8) is 0 Å². The summed E-state index contributed by atoms with van der Waals surface area (Å²) in [7, 11) is 0. The summed E-state index contributed by atoms with van der Waals surface area (Å²) in [6.07, 6.45) is 4.75. The normalized spacial score (nSPS) is 17.7. The molecule has 1 saturated heterocycles. The molecule has 2 rings (SSSR count). The van der Waals surface area contributed by atoms with Crippen LogP contribution in [0.5, 0.6) is 0 Å². The summed E-state index contributed by atoms with van der Waals surface area (Å²) in [5.74, 6) is 0.0282. The molecule has 5 heteroatoms. The van der Waals surface area contributed by atoms with Gasteiger partial charge in [-0.25, -0.2) is 0 Å². The van der Waals surface area contributed by atoms with Crippen LogP contribution >= 0.6 is 0 Å². The number of hydrogen-bond acceptors (Lipinski definition) is 3. The Balaban J connectivity index is 2.09. The van der Waals surface area contributed by atoms with Crippen molar-refractivity contribution >= 4 is 5.91 Å². The van der Waals surface area contributed by atoms with E-state index in [9.17, 15) is 9.90 Å². The van der Waals surface area contributed by atoms with E-state index in [4.69, 9.17) is 0 Å². The largest absolute Gasteiger partial charge is 0.396 e. The Morgan fingerprint density at radius 3 is 2.39 bits per heavy atom. The lowest BCUT2D eigenvalue weighted by molar-refractivity contribution is 0.0334. The number of amides is 1. The smallest absolute Gasteiger partial charge is 0.274 e. The SMILES string of the molecule is CCC(CC)n1nc(C(=O)N2CCC(CC)(CO)CC2)cc1C. The maximum Gasteiger partial charge on any atom is 0.274 e. The van der Waals surface area contributed by atoms with Crippen molar-refractivity contribution in [2.75, 3.05) is 19.7 Å². The second-order valence-corrected chi connectivity index (χ2v) is 6.89. The van der Waals surface area contributed by atoms with Gasteiger partial charge in [0.15, 0.2) is 5.69 Å². The third-order valence-electron chi connectivity index (χ3n) is 5.63. The van der Waals surface area contributed by atoms with E-state index in [1.807, 2.05) is 22.6 Å². The van der Waals surface area contributed by atoms with Crippen molar-refractivity contribution in [3.05, 3.63) is 17.5 Å². The minimum absolute atomic E-state index is 0.00156. The van der Waals surface area contributed by atoms with Gasteiger partial charge in [0.05, 0.1) is 6.04 Å². The molecule has 0 spiro atoms. The topological polar surface area (TPSA) is 58.4 Å². The lowest BCUT2D eigenvalue weighted by Gasteiger charge is -2.40. The number of aryl methyl sites for hydroxylation is 1. The van der Waals surface area contributed by atoms with Crippen molar-refractivity contribution in [1.29, 1.82) is 0 Å². The van der Waals surface area contributed by atoms with Gasteiger partial charge in [-0.15, -0.1) is 0 Å². The van der Waals surface area contributed by atoms with Gasteiger partial charge in [0, 0.05) is 25.4 Å². The van der Waals surface area contributed by atoms with E-state index in [-0.39, 0.29) is 17.9 Å². The Labute approximate surface area is 139 Å². The molecule has 0 aromatic carbocycles. The lowest BCUT2D eigenvalue weighted by atomic mass is 9.77. The van der Waals surface area contributed by atoms with E-state index < -0.39 is 0 Å². The minimum atomic E-state index is 0.00156. The van der Waals surface area contributed by atoms with Crippen LogP contribution in [0.15, 0.2) is 6.07 Å². The van der Waals surface area contributed by atoms with Crippen molar-refractivity contribution in [3.8, 4) is 0 Å². The van der Waals surface area contributed by atoms with E-state index in [2.05, 4.69) is 25.9 Å². The number of rotatable bonds is 6. The number of nitrogens with zero attached hydrogens (tertiary/aromatic N) is 3. The van der Waals surface area contributed by atoms with Crippen LogP contribution in [0.4, 0.5) is 0 Å². The van der Waals surface area contributed by atoms with Gasteiger partial charge < -0.3 is 10.0 Å². The van der Waals surface area contributed by atoms with Gasteiger partial charge >= 0.3 is 0 Å². The highest BCUT2D eigenvalue weighted by Crippen LogP contribution is 2.34. The summed E-state index contributed by atoms with van der Waals surface area (Å²) in [5.41, 5.74) is 1.61. The molecule has 2 heterocycles. The van der Waals surface area contributed by atoms with E-state index in [1.165, 1.54) is 0 Å². The van der Waals surface area contributed by atoms with Crippen molar-refractivity contribution in [2.24, 2.45) is 5.41 Å². The standard InChI is InChI=1S/C18H31N3O2/c1-5-15(6-2)21-14(4)12-16(19-21)17(23)20-10-8-18(7-3,13-22)9-11-20/h12,15,22H,5-11,13H2,1-4H3. The van der Waals surface area contributed by atoms with Crippen LogP contribution < -0.4 is 0 Å². The van der Waals surface area contributed by atoms with Gasteiger partial charge in [-0.3, -0.25) is 9.48 Å². The molecule has 1 aromatic heterocycles. The van der Waals surface area contributed by atoms with Crippen LogP contribution in [-0.2, 0) is 0 Å². The molecular formula is C18H31N3O2. The number of hydrogen-bond donors (Lipinski definition) is 1. The summed E-state index contributed by atoms with van der Waals surface area (Å²) in [5, 5.41) is 14.2. The summed E-state index contributed by atoms with van der Waals surface area (Å²) in [4.78, 5) is 14.6. The molecule has 1 aliphatic heterocycles. The molecule has 1 amide bonds. The molecule has 1 N–H and O–H groups in total. The van der Waals surface area contributed by atoms with Crippen LogP contribution in [0.25, 0.3) is 0 Å². The number of likely N-dealkylation sites (tertiary alicyclic amines) is 1. The second kappa shape index (κ2) is 7.47. The third kappa shape index (κ3) is 3.60.